The summed E-state index contributed by atoms with van der Waals surface area (Å²) in [5, 5.41) is 19.1. The van der Waals surface area contributed by atoms with Crippen molar-refractivity contribution >= 4 is 7.82 Å². The molecule has 0 aromatic heterocycles. The molecule has 148 valence electrons. The maximum Gasteiger partial charge on any atom is 0.469 e. The molecule has 24 heavy (non-hydrogen) atoms. The first-order chi connectivity index (χ1) is 11.0. The highest BCUT2D eigenvalue weighted by Gasteiger charge is 2.24. The fourth-order valence-corrected chi connectivity index (χ4v) is 3.10. The van der Waals surface area contributed by atoms with Crippen LogP contribution in [0.2, 0.25) is 0 Å². The van der Waals surface area contributed by atoms with Gasteiger partial charge in [-0.25, -0.2) is 4.57 Å². The van der Waals surface area contributed by atoms with Crippen LogP contribution in [0.15, 0.2) is 0 Å². The Balaban J connectivity index is 0. The number of aliphatic hydroxyl groups is 2. The molecule has 2 atom stereocenters. The third-order valence-corrected chi connectivity index (χ3v) is 3.71. The van der Waals surface area contributed by atoms with E-state index in [9.17, 15) is 4.57 Å². The minimum Gasteiger partial charge on any atom is -0.395 e. The lowest BCUT2D eigenvalue weighted by Crippen LogP contribution is -2.21. The van der Waals surface area contributed by atoms with E-state index in [2.05, 4.69) is 26.1 Å². The zero-order valence-electron chi connectivity index (χ0n) is 15.8. The largest absolute Gasteiger partial charge is 0.469 e. The second-order valence-electron chi connectivity index (χ2n) is 7.02. The number of phosphoric acid groups is 1. The van der Waals surface area contributed by atoms with Gasteiger partial charge in [0.15, 0.2) is 0 Å². The minimum atomic E-state index is -4.37. The first kappa shape index (κ1) is 26.2. The Bertz CT molecular complexity index is 318. The summed E-state index contributed by atoms with van der Waals surface area (Å²) in [6.07, 6.45) is 2.11. The van der Waals surface area contributed by atoms with Crippen LogP contribution >= 0.6 is 7.82 Å². The summed E-state index contributed by atoms with van der Waals surface area (Å²) in [5.74, 6) is 1.39. The van der Waals surface area contributed by atoms with E-state index >= 15 is 0 Å². The predicted molar refractivity (Wildman–Crippen MR) is 96.6 cm³/mol. The molecule has 7 nitrogen and oxygen atoms in total. The van der Waals surface area contributed by atoms with Gasteiger partial charge in [-0.1, -0.05) is 34.6 Å². The van der Waals surface area contributed by atoms with E-state index in [-0.39, 0.29) is 19.3 Å². The molecule has 0 heterocycles. The van der Waals surface area contributed by atoms with Gasteiger partial charge < -0.3 is 25.3 Å². The smallest absolute Gasteiger partial charge is 0.395 e. The number of rotatable bonds is 12. The lowest BCUT2D eigenvalue weighted by Gasteiger charge is -2.24. The van der Waals surface area contributed by atoms with Crippen molar-refractivity contribution < 1.29 is 29.1 Å². The normalized spacial score (nSPS) is 14.5. The van der Waals surface area contributed by atoms with Crippen LogP contribution in [0, 0.1) is 17.8 Å². The van der Waals surface area contributed by atoms with Gasteiger partial charge in [0.05, 0.1) is 19.3 Å². The quantitative estimate of drug-likeness (QED) is 0.263. The standard InChI is InChI=1S/C12H27O4P.C4H11NO2/c1-9(2)6-11(5)8-12(7-10(3)4)16-17(13,14)15;6-3-1-5-2-4-7/h9-12H,6-8H2,1-5H3,(H2,13,14,15);5-7H,1-4H2. The average Bonchev–Trinajstić information content (AvgIpc) is 2.35. The first-order valence-electron chi connectivity index (χ1n) is 8.68. The number of aliphatic hydroxyl groups excluding tert-OH is 2. The Morgan fingerprint density at radius 1 is 0.875 bits per heavy atom. The van der Waals surface area contributed by atoms with Crippen LogP contribution in [0.3, 0.4) is 0 Å². The van der Waals surface area contributed by atoms with E-state index in [4.69, 9.17) is 24.5 Å². The molecule has 0 saturated heterocycles. The van der Waals surface area contributed by atoms with Gasteiger partial charge in [-0.15, -0.1) is 0 Å². The molecule has 0 rings (SSSR count). The minimum absolute atomic E-state index is 0.139. The van der Waals surface area contributed by atoms with Gasteiger partial charge in [-0.3, -0.25) is 4.52 Å². The molecular formula is C16H38NO6P. The molecule has 0 amide bonds. The molecule has 8 heteroatoms. The van der Waals surface area contributed by atoms with Gasteiger partial charge >= 0.3 is 7.82 Å². The maximum atomic E-state index is 10.9. The second kappa shape index (κ2) is 15.3. The molecule has 0 aliphatic heterocycles. The fraction of sp³-hybridized carbons (Fsp3) is 1.00. The molecule has 0 aliphatic carbocycles. The van der Waals surface area contributed by atoms with Crippen molar-refractivity contribution in [2.75, 3.05) is 26.3 Å². The summed E-state index contributed by atoms with van der Waals surface area (Å²) in [6.45, 7) is 11.9. The molecule has 0 bridgehead atoms. The second-order valence-corrected chi connectivity index (χ2v) is 8.21. The third kappa shape index (κ3) is 22.0. The summed E-state index contributed by atoms with van der Waals surface area (Å²) in [4.78, 5) is 17.8. The van der Waals surface area contributed by atoms with E-state index < -0.39 is 7.82 Å². The van der Waals surface area contributed by atoms with E-state index in [0.717, 1.165) is 6.42 Å². The lowest BCUT2D eigenvalue weighted by molar-refractivity contribution is 0.0962. The summed E-state index contributed by atoms with van der Waals surface area (Å²) in [6, 6.07) is 0. The highest BCUT2D eigenvalue weighted by Crippen LogP contribution is 2.40. The van der Waals surface area contributed by atoms with Crippen LogP contribution in [0.5, 0.6) is 0 Å². The summed E-state index contributed by atoms with van der Waals surface area (Å²) in [5.41, 5.74) is 0. The first-order valence-corrected chi connectivity index (χ1v) is 10.2. The van der Waals surface area contributed by atoms with E-state index in [1.165, 1.54) is 0 Å². The average molecular weight is 371 g/mol. The highest BCUT2D eigenvalue weighted by atomic mass is 31.2. The Morgan fingerprint density at radius 3 is 1.67 bits per heavy atom. The zero-order valence-corrected chi connectivity index (χ0v) is 16.7. The van der Waals surface area contributed by atoms with Crippen LogP contribution in [0.1, 0.15) is 53.9 Å². The highest BCUT2D eigenvalue weighted by molar-refractivity contribution is 7.46. The summed E-state index contributed by atoms with van der Waals surface area (Å²) in [7, 11) is -4.37. The van der Waals surface area contributed by atoms with E-state index in [1.807, 2.05) is 13.8 Å². The zero-order chi connectivity index (χ0) is 19.2. The molecule has 5 N–H and O–H groups in total. The molecule has 0 saturated carbocycles. The van der Waals surface area contributed by atoms with Crippen molar-refractivity contribution in [1.29, 1.82) is 0 Å². The Hall–Kier alpha value is -0.0100. The Morgan fingerprint density at radius 2 is 1.33 bits per heavy atom. The maximum absolute atomic E-state index is 10.9. The van der Waals surface area contributed by atoms with Crippen molar-refractivity contribution in [3.8, 4) is 0 Å². The number of phosphoric ester groups is 1. The van der Waals surface area contributed by atoms with Crippen LogP contribution in [-0.4, -0.2) is 52.4 Å². The van der Waals surface area contributed by atoms with Gasteiger partial charge in [0.2, 0.25) is 0 Å². The summed E-state index contributed by atoms with van der Waals surface area (Å²) >= 11 is 0. The fourth-order valence-electron chi connectivity index (χ4n) is 2.54. The monoisotopic (exact) mass is 371 g/mol. The van der Waals surface area contributed by atoms with Crippen LogP contribution in [-0.2, 0) is 9.09 Å². The van der Waals surface area contributed by atoms with Gasteiger partial charge in [-0.2, -0.15) is 0 Å². The molecule has 0 aromatic rings. The van der Waals surface area contributed by atoms with Crippen LogP contribution in [0.4, 0.5) is 0 Å². The SMILES string of the molecule is CC(C)CC(C)CC(CC(C)C)OP(=O)(O)O.OCCNCCO. The number of hydrogen-bond donors (Lipinski definition) is 5. The number of nitrogens with one attached hydrogen (secondary N) is 1. The lowest BCUT2D eigenvalue weighted by atomic mass is 9.91. The molecule has 0 radical (unpaired) electrons. The van der Waals surface area contributed by atoms with Gasteiger partial charge in [0, 0.05) is 13.1 Å². The molecular weight excluding hydrogens is 333 g/mol. The van der Waals surface area contributed by atoms with Crippen molar-refractivity contribution in [3.05, 3.63) is 0 Å². The van der Waals surface area contributed by atoms with Crippen LogP contribution in [0.25, 0.3) is 0 Å². The summed E-state index contributed by atoms with van der Waals surface area (Å²) < 4.78 is 15.8. The van der Waals surface area contributed by atoms with Crippen molar-refractivity contribution in [1.82, 2.24) is 5.32 Å². The van der Waals surface area contributed by atoms with Crippen molar-refractivity contribution in [2.24, 2.45) is 17.8 Å². The van der Waals surface area contributed by atoms with E-state index in [0.29, 0.717) is 43.7 Å². The van der Waals surface area contributed by atoms with Crippen LogP contribution < -0.4 is 5.32 Å². The number of hydrogen-bond acceptors (Lipinski definition) is 5. The molecule has 2 unspecified atom stereocenters. The third-order valence-electron chi connectivity index (χ3n) is 3.14. The predicted octanol–water partition coefficient (Wildman–Crippen LogP) is 2.14. The van der Waals surface area contributed by atoms with E-state index in [1.54, 1.807) is 0 Å². The molecule has 0 spiro atoms. The molecule has 0 aromatic carbocycles. The van der Waals surface area contributed by atoms with Gasteiger partial charge in [0.25, 0.3) is 0 Å². The van der Waals surface area contributed by atoms with Crippen molar-refractivity contribution in [2.45, 2.75) is 60.0 Å². The Labute approximate surface area is 147 Å². The van der Waals surface area contributed by atoms with Crippen molar-refractivity contribution in [3.63, 3.8) is 0 Å². The van der Waals surface area contributed by atoms with Gasteiger partial charge in [-0.05, 0) is 37.0 Å². The Kier molecular flexibility index (Phi) is 16.7. The molecule has 0 fully saturated rings. The van der Waals surface area contributed by atoms with Gasteiger partial charge in [0.1, 0.15) is 0 Å². The molecule has 0 aliphatic rings. The topological polar surface area (TPSA) is 119 Å².